The van der Waals surface area contributed by atoms with Crippen molar-refractivity contribution in [2.45, 2.75) is 26.2 Å². The summed E-state index contributed by atoms with van der Waals surface area (Å²) in [5, 5.41) is 2.79. The highest BCUT2D eigenvalue weighted by Crippen LogP contribution is 2.22. The van der Waals surface area contributed by atoms with E-state index in [4.69, 9.17) is 0 Å². The summed E-state index contributed by atoms with van der Waals surface area (Å²) in [7, 11) is 0. The van der Waals surface area contributed by atoms with Crippen molar-refractivity contribution in [1.29, 1.82) is 0 Å². The number of carbonyl (C=O) groups excluding carboxylic acids is 1. The minimum Gasteiger partial charge on any atom is -0.307 e. The predicted octanol–water partition coefficient (Wildman–Crippen LogP) is 5.70. The second kappa shape index (κ2) is 8.00. The van der Waals surface area contributed by atoms with E-state index in [2.05, 4.69) is 43.2 Å². The minimum absolute atomic E-state index is 0.122. The van der Waals surface area contributed by atoms with Gasteiger partial charge >= 0.3 is 0 Å². The first-order valence-electron chi connectivity index (χ1n) is 9.03. The molecule has 0 spiro atoms. The number of carbonyl (C=O) groups is 1. The van der Waals surface area contributed by atoms with Gasteiger partial charge in [-0.05, 0) is 40.3 Å². The van der Waals surface area contributed by atoms with Gasteiger partial charge in [-0.25, -0.2) is 4.98 Å². The van der Waals surface area contributed by atoms with Crippen LogP contribution in [0, 0.1) is 0 Å². The Morgan fingerprint density at radius 2 is 1.59 bits per heavy atom. The summed E-state index contributed by atoms with van der Waals surface area (Å²) in [5.74, 6) is 0.335. The molecular formula is C24H24N2O. The third-order valence-electron chi connectivity index (χ3n) is 4.33. The van der Waals surface area contributed by atoms with Crippen LogP contribution in [0.3, 0.4) is 0 Å². The second-order valence-electron chi connectivity index (χ2n) is 7.49. The van der Waals surface area contributed by atoms with E-state index in [0.717, 1.165) is 16.7 Å². The fourth-order valence-electron chi connectivity index (χ4n) is 2.70. The van der Waals surface area contributed by atoms with Crippen molar-refractivity contribution >= 4 is 17.8 Å². The van der Waals surface area contributed by atoms with Crippen LogP contribution in [0.4, 0.5) is 5.82 Å². The molecular weight excluding hydrogens is 332 g/mol. The topological polar surface area (TPSA) is 42.0 Å². The highest BCUT2D eigenvalue weighted by molar-refractivity contribution is 6.01. The number of anilines is 1. The number of rotatable bonds is 4. The van der Waals surface area contributed by atoms with Crippen molar-refractivity contribution < 1.29 is 4.79 Å². The summed E-state index contributed by atoms with van der Waals surface area (Å²) in [6.45, 7) is 6.55. The average molecular weight is 356 g/mol. The number of nitrogens with zero attached hydrogens (tertiary/aromatic N) is 1. The molecule has 0 aliphatic rings. The summed E-state index contributed by atoms with van der Waals surface area (Å²) in [5.41, 5.74) is 4.50. The number of amides is 1. The molecule has 0 saturated heterocycles. The number of benzene rings is 2. The quantitative estimate of drug-likeness (QED) is 0.609. The zero-order chi connectivity index (χ0) is 19.3. The Bertz CT molecular complexity index is 919. The molecule has 1 heterocycles. The van der Waals surface area contributed by atoms with Crippen LogP contribution in [0.2, 0.25) is 0 Å². The van der Waals surface area contributed by atoms with E-state index >= 15 is 0 Å². The minimum atomic E-state index is -0.199. The van der Waals surface area contributed by atoms with Crippen molar-refractivity contribution in [2.75, 3.05) is 5.32 Å². The van der Waals surface area contributed by atoms with Gasteiger partial charge in [0.05, 0.1) is 0 Å². The first-order valence-corrected chi connectivity index (χ1v) is 9.03. The lowest BCUT2D eigenvalue weighted by atomic mass is 9.87. The standard InChI is InChI=1S/C24H24N2O/c1-24(2,3)21-13-9-18(10-14-21)11-16-23(27)26-22-15-12-20(17-25-22)19-7-5-4-6-8-19/h4-17H,1-3H3,(H,25,26,27)/b16-11+. The van der Waals surface area contributed by atoms with Gasteiger partial charge in [0.2, 0.25) is 5.91 Å². The molecule has 3 nitrogen and oxygen atoms in total. The molecule has 0 unspecified atom stereocenters. The van der Waals surface area contributed by atoms with Crippen LogP contribution in [0.1, 0.15) is 31.9 Å². The number of aromatic nitrogens is 1. The maximum Gasteiger partial charge on any atom is 0.249 e. The third-order valence-corrected chi connectivity index (χ3v) is 4.33. The molecule has 0 bridgehead atoms. The molecule has 2 aromatic carbocycles. The molecule has 3 heteroatoms. The molecule has 0 aliphatic heterocycles. The fraction of sp³-hybridized carbons (Fsp3) is 0.167. The SMILES string of the molecule is CC(C)(C)c1ccc(/C=C/C(=O)Nc2ccc(-c3ccccc3)cn2)cc1. The van der Waals surface area contributed by atoms with Crippen LogP contribution in [-0.4, -0.2) is 10.9 Å². The number of pyridine rings is 1. The van der Waals surface area contributed by atoms with Crippen LogP contribution in [0.25, 0.3) is 17.2 Å². The Morgan fingerprint density at radius 3 is 2.19 bits per heavy atom. The maximum atomic E-state index is 12.1. The molecule has 27 heavy (non-hydrogen) atoms. The highest BCUT2D eigenvalue weighted by Gasteiger charge is 2.12. The van der Waals surface area contributed by atoms with Gasteiger partial charge in [-0.2, -0.15) is 0 Å². The molecule has 1 N–H and O–H groups in total. The number of hydrogen-bond donors (Lipinski definition) is 1. The van der Waals surface area contributed by atoms with Gasteiger partial charge in [-0.1, -0.05) is 75.4 Å². The average Bonchev–Trinajstić information content (AvgIpc) is 2.67. The van der Waals surface area contributed by atoms with E-state index in [9.17, 15) is 4.79 Å². The number of nitrogens with one attached hydrogen (secondary N) is 1. The molecule has 0 aliphatic carbocycles. The first-order chi connectivity index (χ1) is 12.9. The van der Waals surface area contributed by atoms with Crippen molar-refractivity contribution in [1.82, 2.24) is 4.98 Å². The predicted molar refractivity (Wildman–Crippen MR) is 112 cm³/mol. The molecule has 0 fully saturated rings. The Kier molecular flexibility index (Phi) is 5.51. The smallest absolute Gasteiger partial charge is 0.249 e. The maximum absolute atomic E-state index is 12.1. The van der Waals surface area contributed by atoms with E-state index < -0.39 is 0 Å². The molecule has 0 atom stereocenters. The lowest BCUT2D eigenvalue weighted by molar-refractivity contribution is -0.111. The van der Waals surface area contributed by atoms with Crippen molar-refractivity contribution in [2.24, 2.45) is 0 Å². The molecule has 0 radical (unpaired) electrons. The van der Waals surface area contributed by atoms with Gasteiger partial charge in [-0.3, -0.25) is 4.79 Å². The highest BCUT2D eigenvalue weighted by atomic mass is 16.1. The molecule has 1 aromatic heterocycles. The monoisotopic (exact) mass is 356 g/mol. The van der Waals surface area contributed by atoms with Crippen LogP contribution in [-0.2, 0) is 10.2 Å². The summed E-state index contributed by atoms with van der Waals surface area (Å²) in [4.78, 5) is 16.5. The molecule has 3 aromatic rings. The van der Waals surface area contributed by atoms with Gasteiger partial charge in [0.1, 0.15) is 5.82 Å². The molecule has 3 rings (SSSR count). The summed E-state index contributed by atoms with van der Waals surface area (Å²) < 4.78 is 0. The van der Waals surface area contributed by atoms with E-state index in [1.807, 2.05) is 54.6 Å². The van der Waals surface area contributed by atoms with Crippen LogP contribution < -0.4 is 5.32 Å². The van der Waals surface area contributed by atoms with Gasteiger partial charge in [0, 0.05) is 17.8 Å². The van der Waals surface area contributed by atoms with E-state index in [-0.39, 0.29) is 11.3 Å². The Balaban J connectivity index is 1.61. The summed E-state index contributed by atoms with van der Waals surface area (Å²) in [6, 6.07) is 22.0. The van der Waals surface area contributed by atoms with Crippen LogP contribution in [0.15, 0.2) is 79.0 Å². The zero-order valence-corrected chi connectivity index (χ0v) is 15.9. The summed E-state index contributed by atoms with van der Waals surface area (Å²) in [6.07, 6.45) is 5.10. The normalized spacial score (nSPS) is 11.5. The lowest BCUT2D eigenvalue weighted by Gasteiger charge is -2.18. The van der Waals surface area contributed by atoms with E-state index in [0.29, 0.717) is 5.82 Å². The van der Waals surface area contributed by atoms with Gasteiger partial charge in [0.15, 0.2) is 0 Å². The van der Waals surface area contributed by atoms with Crippen molar-refractivity contribution in [3.05, 3.63) is 90.1 Å². The Morgan fingerprint density at radius 1 is 0.889 bits per heavy atom. The van der Waals surface area contributed by atoms with Gasteiger partial charge in [0.25, 0.3) is 0 Å². The second-order valence-corrected chi connectivity index (χ2v) is 7.49. The first kappa shape index (κ1) is 18.6. The van der Waals surface area contributed by atoms with Crippen LogP contribution in [0.5, 0.6) is 0 Å². The third kappa shape index (κ3) is 5.14. The molecule has 0 saturated carbocycles. The lowest BCUT2D eigenvalue weighted by Crippen LogP contribution is -2.10. The van der Waals surface area contributed by atoms with E-state index in [1.165, 1.54) is 11.6 Å². The Labute approximate surface area is 160 Å². The molecule has 136 valence electrons. The number of hydrogen-bond acceptors (Lipinski definition) is 2. The van der Waals surface area contributed by atoms with Crippen LogP contribution >= 0.6 is 0 Å². The Hall–Kier alpha value is -3.20. The van der Waals surface area contributed by atoms with Crippen molar-refractivity contribution in [3.63, 3.8) is 0 Å². The van der Waals surface area contributed by atoms with Gasteiger partial charge < -0.3 is 5.32 Å². The van der Waals surface area contributed by atoms with E-state index in [1.54, 1.807) is 12.3 Å². The summed E-state index contributed by atoms with van der Waals surface area (Å²) >= 11 is 0. The molecule has 1 amide bonds. The zero-order valence-electron chi connectivity index (χ0n) is 15.9. The van der Waals surface area contributed by atoms with Crippen molar-refractivity contribution in [3.8, 4) is 11.1 Å². The largest absolute Gasteiger partial charge is 0.307 e. The fourth-order valence-corrected chi connectivity index (χ4v) is 2.70. The van der Waals surface area contributed by atoms with Gasteiger partial charge in [-0.15, -0.1) is 0 Å².